The van der Waals surface area contributed by atoms with Crippen LogP contribution in [0.2, 0.25) is 0 Å². The maximum Gasteiger partial charge on any atom is 0.252 e. The predicted octanol–water partition coefficient (Wildman–Crippen LogP) is 4.37. The molecule has 1 aromatic carbocycles. The Morgan fingerprint density at radius 1 is 1.00 bits per heavy atom. The van der Waals surface area contributed by atoms with E-state index >= 15 is 0 Å². The van der Waals surface area contributed by atoms with Crippen LogP contribution in [0.25, 0.3) is 0 Å². The average molecular weight is 269 g/mol. The van der Waals surface area contributed by atoms with Gasteiger partial charge in [-0.3, -0.25) is 4.79 Å². The van der Waals surface area contributed by atoms with Crippen molar-refractivity contribution >= 4 is 16.8 Å². The Kier molecular flexibility index (Phi) is 3.83. The highest BCUT2D eigenvalue weighted by atomic mass is 35.5. The molecule has 0 aliphatic rings. The Morgan fingerprint density at radius 3 is 1.56 bits per heavy atom. The zero-order chi connectivity index (χ0) is 14.3. The fourth-order valence-electron chi connectivity index (χ4n) is 2.02. The topological polar surface area (TPSA) is 37.3 Å². The second-order valence-electron chi connectivity index (χ2n) is 6.69. The normalized spacial score (nSPS) is 12.6. The molecule has 0 saturated heterocycles. The Morgan fingerprint density at radius 2 is 1.33 bits per heavy atom. The minimum Gasteiger partial charge on any atom is -0.508 e. The first-order chi connectivity index (χ1) is 7.94. The number of rotatable bonds is 1. The summed E-state index contributed by atoms with van der Waals surface area (Å²) >= 11 is 5.76. The van der Waals surface area contributed by atoms with Crippen LogP contribution in [0.4, 0.5) is 0 Å². The van der Waals surface area contributed by atoms with Crippen LogP contribution in [0.3, 0.4) is 0 Å². The van der Waals surface area contributed by atoms with Gasteiger partial charge in [-0.2, -0.15) is 0 Å². The fourth-order valence-corrected chi connectivity index (χ4v) is 2.23. The second-order valence-corrected chi connectivity index (χ2v) is 7.03. The lowest BCUT2D eigenvalue weighted by molar-refractivity contribution is 0.107. The predicted molar refractivity (Wildman–Crippen MR) is 75.7 cm³/mol. The Balaban J connectivity index is 3.74. The number of aromatic hydroxyl groups is 1. The largest absolute Gasteiger partial charge is 0.508 e. The minimum absolute atomic E-state index is 0.173. The van der Waals surface area contributed by atoms with Crippen molar-refractivity contribution < 1.29 is 9.90 Å². The quantitative estimate of drug-likeness (QED) is 0.768. The maximum atomic E-state index is 11.8. The molecule has 0 spiro atoms. The number of halogens is 1. The summed E-state index contributed by atoms with van der Waals surface area (Å²) in [5.74, 6) is 0.173. The van der Waals surface area contributed by atoms with Gasteiger partial charge in [0, 0.05) is 5.56 Å². The molecular weight excluding hydrogens is 248 g/mol. The van der Waals surface area contributed by atoms with Crippen molar-refractivity contribution in [2.45, 2.75) is 52.4 Å². The van der Waals surface area contributed by atoms with Gasteiger partial charge in [0.1, 0.15) is 5.75 Å². The molecule has 0 radical (unpaired) electrons. The van der Waals surface area contributed by atoms with Crippen LogP contribution in [0.1, 0.15) is 63.0 Å². The summed E-state index contributed by atoms with van der Waals surface area (Å²) in [7, 11) is 0. The van der Waals surface area contributed by atoms with Gasteiger partial charge >= 0.3 is 0 Å². The van der Waals surface area contributed by atoms with E-state index in [4.69, 9.17) is 11.6 Å². The van der Waals surface area contributed by atoms with Gasteiger partial charge < -0.3 is 5.11 Å². The standard InChI is InChI=1S/C15H21ClO2/c1-14(2,3)10-7-9(17)8-11(15(4,5)6)12(10)13(16)18/h7-8,17H,1-6H3. The number of phenolic OH excluding ortho intramolecular Hbond substituents is 1. The number of carbonyl (C=O) groups is 1. The molecule has 2 nitrogen and oxygen atoms in total. The van der Waals surface area contributed by atoms with Crippen LogP contribution in [0.5, 0.6) is 5.75 Å². The molecule has 1 N–H and O–H groups in total. The molecule has 0 aromatic heterocycles. The highest BCUT2D eigenvalue weighted by Crippen LogP contribution is 2.37. The third-order valence-electron chi connectivity index (χ3n) is 2.94. The van der Waals surface area contributed by atoms with Crippen LogP contribution < -0.4 is 0 Å². The van der Waals surface area contributed by atoms with Gasteiger partial charge in [-0.05, 0) is 45.7 Å². The molecular formula is C15H21ClO2. The van der Waals surface area contributed by atoms with E-state index in [9.17, 15) is 9.90 Å². The van der Waals surface area contributed by atoms with E-state index in [0.717, 1.165) is 11.1 Å². The smallest absolute Gasteiger partial charge is 0.252 e. The molecule has 3 heteroatoms. The molecule has 100 valence electrons. The molecule has 0 fully saturated rings. The molecule has 18 heavy (non-hydrogen) atoms. The highest BCUT2D eigenvalue weighted by molar-refractivity contribution is 6.68. The van der Waals surface area contributed by atoms with Crippen LogP contribution in [0, 0.1) is 0 Å². The van der Waals surface area contributed by atoms with Crippen molar-refractivity contribution in [3.05, 3.63) is 28.8 Å². The third kappa shape index (κ3) is 3.05. The number of hydrogen-bond acceptors (Lipinski definition) is 2. The van der Waals surface area contributed by atoms with Gasteiger partial charge in [0.25, 0.3) is 5.24 Å². The molecule has 0 aliphatic carbocycles. The first-order valence-electron chi connectivity index (χ1n) is 6.02. The molecule has 0 bridgehead atoms. The van der Waals surface area contributed by atoms with Crippen molar-refractivity contribution in [3.63, 3.8) is 0 Å². The van der Waals surface area contributed by atoms with Gasteiger partial charge in [-0.15, -0.1) is 0 Å². The summed E-state index contributed by atoms with van der Waals surface area (Å²) in [6.07, 6.45) is 0. The van der Waals surface area contributed by atoms with E-state index in [2.05, 4.69) is 0 Å². The Labute approximate surface area is 114 Å². The van der Waals surface area contributed by atoms with Crippen molar-refractivity contribution in [2.24, 2.45) is 0 Å². The van der Waals surface area contributed by atoms with Crippen LogP contribution in [0.15, 0.2) is 12.1 Å². The summed E-state index contributed by atoms with van der Waals surface area (Å²) in [5.41, 5.74) is 1.59. The Hall–Kier alpha value is -1.02. The van der Waals surface area contributed by atoms with E-state index in [1.165, 1.54) is 0 Å². The summed E-state index contributed by atoms with van der Waals surface area (Å²) in [5, 5.41) is 9.40. The lowest BCUT2D eigenvalue weighted by Crippen LogP contribution is -2.22. The van der Waals surface area contributed by atoms with Crippen molar-refractivity contribution in [1.29, 1.82) is 0 Å². The summed E-state index contributed by atoms with van der Waals surface area (Å²) < 4.78 is 0. The average Bonchev–Trinajstić information content (AvgIpc) is 2.12. The minimum atomic E-state index is -0.468. The molecule has 0 unspecified atom stereocenters. The van der Waals surface area contributed by atoms with E-state index in [1.807, 2.05) is 41.5 Å². The van der Waals surface area contributed by atoms with E-state index in [0.29, 0.717) is 5.56 Å². The van der Waals surface area contributed by atoms with E-state index in [1.54, 1.807) is 12.1 Å². The summed E-state index contributed by atoms with van der Waals surface area (Å²) in [6.45, 7) is 12.0. The monoisotopic (exact) mass is 268 g/mol. The van der Waals surface area contributed by atoms with Crippen LogP contribution in [-0.2, 0) is 10.8 Å². The zero-order valence-corrected chi connectivity index (χ0v) is 12.6. The molecule has 0 saturated carbocycles. The maximum absolute atomic E-state index is 11.8. The molecule has 1 rings (SSSR count). The van der Waals surface area contributed by atoms with Gasteiger partial charge in [-0.25, -0.2) is 0 Å². The van der Waals surface area contributed by atoms with Gasteiger partial charge in [0.2, 0.25) is 0 Å². The van der Waals surface area contributed by atoms with Crippen molar-refractivity contribution in [1.82, 2.24) is 0 Å². The zero-order valence-electron chi connectivity index (χ0n) is 11.9. The van der Waals surface area contributed by atoms with E-state index < -0.39 is 5.24 Å². The lowest BCUT2D eigenvalue weighted by atomic mass is 9.76. The SMILES string of the molecule is CC(C)(C)c1cc(O)cc(C(C)(C)C)c1C(=O)Cl. The molecule has 1 aromatic rings. The molecule has 0 amide bonds. The lowest BCUT2D eigenvalue weighted by Gasteiger charge is -2.28. The molecule has 0 atom stereocenters. The third-order valence-corrected chi connectivity index (χ3v) is 3.12. The number of benzene rings is 1. The highest BCUT2D eigenvalue weighted by Gasteiger charge is 2.29. The number of carbonyl (C=O) groups excluding carboxylic acids is 1. The second kappa shape index (κ2) is 4.58. The van der Waals surface area contributed by atoms with Gasteiger partial charge in [0.05, 0.1) is 0 Å². The first-order valence-corrected chi connectivity index (χ1v) is 6.40. The number of phenols is 1. The molecule has 0 aliphatic heterocycles. The summed E-state index contributed by atoms with van der Waals surface area (Å²) in [4.78, 5) is 11.8. The van der Waals surface area contributed by atoms with Crippen LogP contribution >= 0.6 is 11.6 Å². The van der Waals surface area contributed by atoms with Gasteiger partial charge in [0.15, 0.2) is 0 Å². The van der Waals surface area contributed by atoms with E-state index in [-0.39, 0.29) is 16.6 Å². The Bertz CT molecular complexity index is 441. The van der Waals surface area contributed by atoms with Crippen LogP contribution in [-0.4, -0.2) is 10.3 Å². The first kappa shape index (κ1) is 15.0. The fraction of sp³-hybridized carbons (Fsp3) is 0.533. The van der Waals surface area contributed by atoms with Crippen molar-refractivity contribution in [3.8, 4) is 5.75 Å². The van der Waals surface area contributed by atoms with Crippen molar-refractivity contribution in [2.75, 3.05) is 0 Å². The van der Waals surface area contributed by atoms with Gasteiger partial charge in [-0.1, -0.05) is 41.5 Å². The summed E-state index contributed by atoms with van der Waals surface area (Å²) in [6, 6.07) is 3.26. The molecule has 0 heterocycles. The number of hydrogen-bond donors (Lipinski definition) is 1.